The Morgan fingerprint density at radius 3 is 2.88 bits per heavy atom. The van der Waals surface area contributed by atoms with E-state index in [1.807, 2.05) is 13.0 Å². The molecular weight excluding hydrogens is 238 g/mol. The lowest BCUT2D eigenvalue weighted by Crippen LogP contribution is -2.17. The highest BCUT2D eigenvalue weighted by atomic mass is 32.2. The quantitative estimate of drug-likeness (QED) is 0.896. The van der Waals surface area contributed by atoms with Crippen LogP contribution in [0.2, 0.25) is 0 Å². The minimum absolute atomic E-state index is 0.298. The molecule has 0 aromatic carbocycles. The largest absolute Gasteiger partial charge is 0.478 e. The third-order valence-electron chi connectivity index (χ3n) is 2.70. The normalized spacial score (nSPS) is 17.0. The number of carboxylic acids is 1. The molecule has 2 rings (SSSR count). The van der Waals surface area contributed by atoms with Gasteiger partial charge in [0.25, 0.3) is 0 Å². The highest BCUT2D eigenvalue weighted by molar-refractivity contribution is 8.00. The number of aromatic nitrogens is 1. The Kier molecular flexibility index (Phi) is 4.02. The van der Waals surface area contributed by atoms with Crippen LogP contribution in [0.3, 0.4) is 0 Å². The van der Waals surface area contributed by atoms with Crippen molar-refractivity contribution in [3.05, 3.63) is 23.5 Å². The van der Waals surface area contributed by atoms with Crippen molar-refractivity contribution in [2.75, 3.05) is 13.2 Å². The molecule has 4 nitrogen and oxygen atoms in total. The van der Waals surface area contributed by atoms with Gasteiger partial charge in [-0.15, -0.1) is 11.8 Å². The van der Waals surface area contributed by atoms with E-state index < -0.39 is 5.97 Å². The lowest BCUT2D eigenvalue weighted by Gasteiger charge is -2.22. The molecular formula is C12H15NO3S. The second-order valence-electron chi connectivity index (χ2n) is 4.06. The average Bonchev–Trinajstić information content (AvgIpc) is 2.30. The molecule has 92 valence electrons. The van der Waals surface area contributed by atoms with Crippen molar-refractivity contribution < 1.29 is 14.6 Å². The topological polar surface area (TPSA) is 59.4 Å². The van der Waals surface area contributed by atoms with E-state index in [1.54, 1.807) is 11.8 Å². The summed E-state index contributed by atoms with van der Waals surface area (Å²) in [4.78, 5) is 15.9. The Hall–Kier alpha value is -1.07. The van der Waals surface area contributed by atoms with E-state index in [2.05, 4.69) is 4.98 Å². The summed E-state index contributed by atoms with van der Waals surface area (Å²) < 4.78 is 5.30. The third-order valence-corrected chi connectivity index (χ3v) is 4.09. The van der Waals surface area contributed by atoms with Gasteiger partial charge in [0.1, 0.15) is 0 Å². The zero-order chi connectivity index (χ0) is 12.3. The van der Waals surface area contributed by atoms with E-state index in [0.717, 1.165) is 36.6 Å². The van der Waals surface area contributed by atoms with Crippen LogP contribution < -0.4 is 0 Å². The van der Waals surface area contributed by atoms with E-state index in [-0.39, 0.29) is 0 Å². The first-order valence-corrected chi connectivity index (χ1v) is 6.49. The third kappa shape index (κ3) is 3.20. The highest BCUT2D eigenvalue weighted by Gasteiger charge is 2.19. The number of carbonyl (C=O) groups is 1. The smallest absolute Gasteiger partial charge is 0.338 e. The predicted octanol–water partition coefficient (Wildman–Crippen LogP) is 2.36. The molecule has 0 unspecified atom stereocenters. The van der Waals surface area contributed by atoms with Gasteiger partial charge in [-0.25, -0.2) is 4.79 Å². The molecule has 0 bridgehead atoms. The second kappa shape index (κ2) is 5.51. The molecule has 1 aliphatic rings. The molecule has 5 heteroatoms. The maximum atomic E-state index is 11.1. The number of hydrogen-bond donors (Lipinski definition) is 1. The maximum absolute atomic E-state index is 11.1. The van der Waals surface area contributed by atoms with E-state index in [1.165, 1.54) is 6.20 Å². The van der Waals surface area contributed by atoms with Crippen LogP contribution in [0, 0.1) is 6.92 Å². The summed E-state index contributed by atoms with van der Waals surface area (Å²) in [6.07, 6.45) is 3.40. The van der Waals surface area contributed by atoms with E-state index >= 15 is 0 Å². The van der Waals surface area contributed by atoms with Gasteiger partial charge in [-0.05, 0) is 25.8 Å². The number of aromatic carboxylic acids is 1. The minimum Gasteiger partial charge on any atom is -0.478 e. The number of aryl methyl sites for hydroxylation is 1. The van der Waals surface area contributed by atoms with Crippen molar-refractivity contribution in [1.29, 1.82) is 0 Å². The van der Waals surface area contributed by atoms with Crippen LogP contribution in [0.1, 0.15) is 28.9 Å². The summed E-state index contributed by atoms with van der Waals surface area (Å²) >= 11 is 1.63. The molecule has 0 spiro atoms. The van der Waals surface area contributed by atoms with Gasteiger partial charge in [0, 0.05) is 35.2 Å². The first kappa shape index (κ1) is 12.4. The molecule has 1 N–H and O–H groups in total. The van der Waals surface area contributed by atoms with Gasteiger partial charge >= 0.3 is 5.97 Å². The van der Waals surface area contributed by atoms with Gasteiger partial charge in [0.15, 0.2) is 0 Å². The van der Waals surface area contributed by atoms with Gasteiger partial charge in [-0.2, -0.15) is 0 Å². The lowest BCUT2D eigenvalue weighted by molar-refractivity contribution is 0.0692. The minimum atomic E-state index is -0.910. The summed E-state index contributed by atoms with van der Waals surface area (Å²) in [5, 5.41) is 9.56. The molecule has 0 amide bonds. The van der Waals surface area contributed by atoms with Crippen LogP contribution in [-0.2, 0) is 4.74 Å². The average molecular weight is 253 g/mol. The monoisotopic (exact) mass is 253 g/mol. The Balaban J connectivity index is 2.17. The van der Waals surface area contributed by atoms with Crippen LogP contribution in [-0.4, -0.2) is 34.5 Å². The first-order valence-electron chi connectivity index (χ1n) is 5.61. The van der Waals surface area contributed by atoms with Crippen molar-refractivity contribution in [3.63, 3.8) is 0 Å². The molecule has 0 atom stereocenters. The van der Waals surface area contributed by atoms with E-state index in [0.29, 0.717) is 10.8 Å². The molecule has 1 aromatic rings. The summed E-state index contributed by atoms with van der Waals surface area (Å²) in [7, 11) is 0. The molecule has 1 aliphatic heterocycles. The number of hydrogen-bond acceptors (Lipinski definition) is 4. The molecule has 1 saturated heterocycles. The van der Waals surface area contributed by atoms with Gasteiger partial charge in [-0.3, -0.25) is 4.98 Å². The Labute approximate surface area is 104 Å². The molecule has 0 saturated carbocycles. The number of thioether (sulfide) groups is 1. The summed E-state index contributed by atoms with van der Waals surface area (Å²) in [6.45, 7) is 3.41. The van der Waals surface area contributed by atoms with E-state index in [4.69, 9.17) is 9.84 Å². The van der Waals surface area contributed by atoms with Crippen LogP contribution in [0.5, 0.6) is 0 Å². The zero-order valence-electron chi connectivity index (χ0n) is 9.68. The number of ether oxygens (including phenoxy) is 1. The van der Waals surface area contributed by atoms with Crippen molar-refractivity contribution in [1.82, 2.24) is 4.98 Å². The van der Waals surface area contributed by atoms with Gasteiger partial charge in [0.2, 0.25) is 0 Å². The second-order valence-corrected chi connectivity index (χ2v) is 5.40. The van der Waals surface area contributed by atoms with Gasteiger partial charge < -0.3 is 9.84 Å². The Bertz CT molecular complexity index is 416. The van der Waals surface area contributed by atoms with Crippen molar-refractivity contribution in [2.24, 2.45) is 0 Å². The fourth-order valence-electron chi connectivity index (χ4n) is 1.77. The van der Waals surface area contributed by atoms with Crippen molar-refractivity contribution in [3.8, 4) is 0 Å². The molecule has 1 fully saturated rings. The molecule has 0 radical (unpaired) electrons. The molecule has 1 aromatic heterocycles. The van der Waals surface area contributed by atoms with Crippen LogP contribution in [0.15, 0.2) is 17.2 Å². The fourth-order valence-corrected chi connectivity index (χ4v) is 3.06. The summed E-state index contributed by atoms with van der Waals surface area (Å²) in [5.74, 6) is -0.910. The maximum Gasteiger partial charge on any atom is 0.338 e. The summed E-state index contributed by atoms with van der Waals surface area (Å²) in [6, 6.07) is 1.85. The predicted molar refractivity (Wildman–Crippen MR) is 65.6 cm³/mol. The Morgan fingerprint density at radius 1 is 1.53 bits per heavy atom. The summed E-state index contributed by atoms with van der Waals surface area (Å²) in [5.41, 5.74) is 1.15. The van der Waals surface area contributed by atoms with E-state index in [9.17, 15) is 4.79 Å². The van der Waals surface area contributed by atoms with Crippen LogP contribution >= 0.6 is 11.8 Å². The Morgan fingerprint density at radius 2 is 2.24 bits per heavy atom. The number of carboxylic acid groups (broad SMARTS) is 1. The first-order chi connectivity index (χ1) is 8.16. The molecule has 0 aliphatic carbocycles. The van der Waals surface area contributed by atoms with Crippen LogP contribution in [0.4, 0.5) is 0 Å². The highest BCUT2D eigenvalue weighted by Crippen LogP contribution is 2.32. The van der Waals surface area contributed by atoms with Gasteiger partial charge in [-0.1, -0.05) is 0 Å². The molecule has 17 heavy (non-hydrogen) atoms. The lowest BCUT2D eigenvalue weighted by atomic mass is 10.2. The standard InChI is InChI=1S/C12H15NO3S/c1-8-6-11(10(7-13-8)12(14)15)17-9-2-4-16-5-3-9/h6-7,9H,2-5H2,1H3,(H,14,15). The SMILES string of the molecule is Cc1cc(SC2CCOCC2)c(C(=O)O)cn1. The molecule has 2 heterocycles. The zero-order valence-corrected chi connectivity index (χ0v) is 10.5. The fraction of sp³-hybridized carbons (Fsp3) is 0.500. The van der Waals surface area contributed by atoms with Gasteiger partial charge in [0.05, 0.1) is 5.56 Å². The number of rotatable bonds is 3. The van der Waals surface area contributed by atoms with Crippen molar-refractivity contribution in [2.45, 2.75) is 29.9 Å². The van der Waals surface area contributed by atoms with Crippen LogP contribution in [0.25, 0.3) is 0 Å². The number of pyridine rings is 1. The van der Waals surface area contributed by atoms with Crippen molar-refractivity contribution >= 4 is 17.7 Å². The number of nitrogens with zero attached hydrogens (tertiary/aromatic N) is 1.